The highest BCUT2D eigenvalue weighted by atomic mass is 16.1. The fourth-order valence-electron chi connectivity index (χ4n) is 2.73. The van der Waals surface area contributed by atoms with Crippen molar-refractivity contribution in [3.63, 3.8) is 0 Å². The Hall–Kier alpha value is -0.790. The first kappa shape index (κ1) is 13.3. The molecule has 2 nitrogen and oxygen atoms in total. The predicted molar refractivity (Wildman–Crippen MR) is 68.2 cm³/mol. The van der Waals surface area contributed by atoms with Crippen molar-refractivity contribution in [3.8, 4) is 0 Å². The zero-order valence-electron chi connectivity index (χ0n) is 10.7. The number of rotatable bonds is 5. The lowest BCUT2D eigenvalue weighted by atomic mass is 9.75. The number of hydrogen-bond donors (Lipinski definition) is 1. The van der Waals surface area contributed by atoms with E-state index < -0.39 is 0 Å². The molecule has 0 aromatic heterocycles. The maximum absolute atomic E-state index is 11.5. The van der Waals surface area contributed by atoms with E-state index in [1.54, 1.807) is 0 Å². The van der Waals surface area contributed by atoms with Crippen LogP contribution < -0.4 is 5.32 Å². The maximum Gasteiger partial charge on any atom is 0.243 e. The molecule has 0 spiro atoms. The van der Waals surface area contributed by atoms with Crippen LogP contribution in [0, 0.1) is 5.92 Å². The Balaban J connectivity index is 2.66. The smallest absolute Gasteiger partial charge is 0.243 e. The molecule has 1 amide bonds. The third-order valence-electron chi connectivity index (χ3n) is 3.82. The molecule has 0 unspecified atom stereocenters. The van der Waals surface area contributed by atoms with E-state index in [0.29, 0.717) is 5.92 Å². The molecule has 2 heteroatoms. The number of carbonyl (C=O) groups excluding carboxylic acids is 1. The van der Waals surface area contributed by atoms with Crippen molar-refractivity contribution >= 4 is 5.91 Å². The van der Waals surface area contributed by atoms with Gasteiger partial charge in [0.2, 0.25) is 5.91 Å². The van der Waals surface area contributed by atoms with Gasteiger partial charge in [-0.1, -0.05) is 46.1 Å². The fourth-order valence-corrected chi connectivity index (χ4v) is 2.73. The molecule has 1 N–H and O–H groups in total. The second-order valence-corrected chi connectivity index (χ2v) is 5.25. The monoisotopic (exact) mass is 223 g/mol. The van der Waals surface area contributed by atoms with Gasteiger partial charge in [-0.3, -0.25) is 4.79 Å². The zero-order valence-corrected chi connectivity index (χ0v) is 10.7. The van der Waals surface area contributed by atoms with Gasteiger partial charge >= 0.3 is 0 Å². The predicted octanol–water partition coefficient (Wildman–Crippen LogP) is 3.43. The Morgan fingerprint density at radius 2 is 2.06 bits per heavy atom. The van der Waals surface area contributed by atoms with E-state index in [2.05, 4.69) is 25.7 Å². The van der Waals surface area contributed by atoms with E-state index in [1.165, 1.54) is 31.8 Å². The van der Waals surface area contributed by atoms with Gasteiger partial charge in [0.15, 0.2) is 0 Å². The lowest BCUT2D eigenvalue weighted by Crippen LogP contribution is -2.50. The van der Waals surface area contributed by atoms with Gasteiger partial charge in [0.25, 0.3) is 0 Å². The van der Waals surface area contributed by atoms with Crippen molar-refractivity contribution in [2.45, 2.75) is 64.3 Å². The summed E-state index contributed by atoms with van der Waals surface area (Å²) in [5.41, 5.74) is 0.0545. The van der Waals surface area contributed by atoms with Crippen molar-refractivity contribution in [3.05, 3.63) is 12.7 Å². The molecular formula is C14H25NO. The minimum atomic E-state index is -0.00907. The van der Waals surface area contributed by atoms with Crippen molar-refractivity contribution in [2.24, 2.45) is 5.92 Å². The Morgan fingerprint density at radius 1 is 1.44 bits per heavy atom. The van der Waals surface area contributed by atoms with Gasteiger partial charge in [0.05, 0.1) is 0 Å². The van der Waals surface area contributed by atoms with Gasteiger partial charge in [-0.05, 0) is 31.3 Å². The molecule has 92 valence electrons. The fraction of sp³-hybridized carbons (Fsp3) is 0.786. The number of carbonyl (C=O) groups is 1. The Labute approximate surface area is 99.5 Å². The van der Waals surface area contributed by atoms with Crippen LogP contribution >= 0.6 is 0 Å². The summed E-state index contributed by atoms with van der Waals surface area (Å²) in [6.45, 7) is 8.04. The Morgan fingerprint density at radius 3 is 2.56 bits per heavy atom. The molecule has 1 fully saturated rings. The highest BCUT2D eigenvalue weighted by Crippen LogP contribution is 2.34. The molecular weight excluding hydrogens is 198 g/mol. The van der Waals surface area contributed by atoms with E-state index >= 15 is 0 Å². The van der Waals surface area contributed by atoms with Crippen LogP contribution in [0.3, 0.4) is 0 Å². The highest BCUT2D eigenvalue weighted by Gasteiger charge is 2.33. The molecule has 1 saturated carbocycles. The Bertz CT molecular complexity index is 241. The van der Waals surface area contributed by atoms with Crippen LogP contribution in [0.25, 0.3) is 0 Å². The van der Waals surface area contributed by atoms with Gasteiger partial charge in [0.1, 0.15) is 0 Å². The molecule has 0 aromatic rings. The standard InChI is InChI=1S/C14H25NO/c1-4-12(3)11-14(15-13(16)5-2)9-7-6-8-10-14/h5,12H,2,4,6-11H2,1,3H3,(H,15,16)/t12-/m1/s1. The summed E-state index contributed by atoms with van der Waals surface area (Å²) in [5.74, 6) is 0.674. The zero-order chi connectivity index (χ0) is 12.0. The van der Waals surface area contributed by atoms with Crippen LogP contribution in [0.5, 0.6) is 0 Å². The van der Waals surface area contributed by atoms with E-state index in [1.807, 2.05) is 0 Å². The minimum absolute atomic E-state index is 0.00907. The summed E-state index contributed by atoms with van der Waals surface area (Å²) in [5, 5.41) is 3.19. The van der Waals surface area contributed by atoms with E-state index in [-0.39, 0.29) is 11.4 Å². The molecule has 0 bridgehead atoms. The van der Waals surface area contributed by atoms with Crippen LogP contribution in [-0.2, 0) is 4.79 Å². The summed E-state index contributed by atoms with van der Waals surface area (Å²) >= 11 is 0. The quantitative estimate of drug-likeness (QED) is 0.711. The van der Waals surface area contributed by atoms with Gasteiger partial charge in [-0.15, -0.1) is 0 Å². The summed E-state index contributed by atoms with van der Waals surface area (Å²) < 4.78 is 0. The SMILES string of the molecule is C=CC(=O)NC1(C[C@H](C)CC)CCCCC1. The average molecular weight is 223 g/mol. The molecule has 1 aliphatic rings. The number of amides is 1. The van der Waals surface area contributed by atoms with E-state index in [9.17, 15) is 4.79 Å². The van der Waals surface area contributed by atoms with Crippen molar-refractivity contribution in [1.82, 2.24) is 5.32 Å². The summed E-state index contributed by atoms with van der Waals surface area (Å²) in [6.07, 6.45) is 9.77. The molecule has 16 heavy (non-hydrogen) atoms. The Kier molecular flexibility index (Phi) is 5.04. The molecule has 0 aromatic carbocycles. The molecule has 0 saturated heterocycles. The largest absolute Gasteiger partial charge is 0.347 e. The summed E-state index contributed by atoms with van der Waals surface area (Å²) in [7, 11) is 0. The molecule has 0 radical (unpaired) electrons. The maximum atomic E-state index is 11.5. The third kappa shape index (κ3) is 3.66. The molecule has 0 aliphatic heterocycles. The van der Waals surface area contributed by atoms with Crippen molar-refractivity contribution in [2.75, 3.05) is 0 Å². The van der Waals surface area contributed by atoms with Crippen molar-refractivity contribution < 1.29 is 4.79 Å². The van der Waals surface area contributed by atoms with Gasteiger partial charge in [0, 0.05) is 5.54 Å². The van der Waals surface area contributed by atoms with Crippen LogP contribution in [0.1, 0.15) is 58.8 Å². The van der Waals surface area contributed by atoms with Crippen LogP contribution in [0.4, 0.5) is 0 Å². The highest BCUT2D eigenvalue weighted by molar-refractivity contribution is 5.87. The van der Waals surface area contributed by atoms with Crippen LogP contribution in [-0.4, -0.2) is 11.4 Å². The van der Waals surface area contributed by atoms with Crippen LogP contribution in [0.15, 0.2) is 12.7 Å². The first-order chi connectivity index (χ1) is 7.62. The van der Waals surface area contributed by atoms with E-state index in [4.69, 9.17) is 0 Å². The second kappa shape index (κ2) is 6.07. The normalized spacial score (nSPS) is 21.1. The lowest BCUT2D eigenvalue weighted by Gasteiger charge is -2.39. The van der Waals surface area contributed by atoms with Crippen molar-refractivity contribution in [1.29, 1.82) is 0 Å². The van der Waals surface area contributed by atoms with Gasteiger partial charge in [-0.2, -0.15) is 0 Å². The van der Waals surface area contributed by atoms with Crippen LogP contribution in [0.2, 0.25) is 0 Å². The van der Waals surface area contributed by atoms with Gasteiger partial charge in [-0.25, -0.2) is 0 Å². The number of nitrogens with one attached hydrogen (secondary N) is 1. The molecule has 1 aliphatic carbocycles. The third-order valence-corrected chi connectivity index (χ3v) is 3.82. The topological polar surface area (TPSA) is 29.1 Å². The van der Waals surface area contributed by atoms with Gasteiger partial charge < -0.3 is 5.32 Å². The summed E-state index contributed by atoms with van der Waals surface area (Å²) in [6, 6.07) is 0. The molecule has 1 rings (SSSR count). The first-order valence-corrected chi connectivity index (χ1v) is 6.56. The molecule has 0 heterocycles. The first-order valence-electron chi connectivity index (χ1n) is 6.56. The molecule has 1 atom stereocenters. The van der Waals surface area contributed by atoms with E-state index in [0.717, 1.165) is 19.3 Å². The average Bonchev–Trinajstić information content (AvgIpc) is 2.29. The lowest BCUT2D eigenvalue weighted by molar-refractivity contribution is -0.119. The number of hydrogen-bond acceptors (Lipinski definition) is 1. The summed E-state index contributed by atoms with van der Waals surface area (Å²) in [4.78, 5) is 11.5. The minimum Gasteiger partial charge on any atom is -0.347 e. The second-order valence-electron chi connectivity index (χ2n) is 5.25.